The predicted octanol–water partition coefficient (Wildman–Crippen LogP) is 1.41. The van der Waals surface area contributed by atoms with Gasteiger partial charge in [-0.2, -0.15) is 0 Å². The largest absolute Gasteiger partial charge is 0.269 e. The highest BCUT2D eigenvalue weighted by Crippen LogP contribution is 0.648. The second-order valence-electron chi connectivity index (χ2n) is 0. The summed E-state index contributed by atoms with van der Waals surface area (Å²) in [6, 6.07) is 0. The van der Waals surface area contributed by atoms with Crippen molar-refractivity contribution in [3.63, 3.8) is 0 Å². The third-order valence-corrected chi connectivity index (χ3v) is 0. The second-order valence-corrected chi connectivity index (χ2v) is 0. The van der Waals surface area contributed by atoms with Gasteiger partial charge in [0.2, 0.25) is 0 Å². The fraction of sp³-hybridized carbons (Fsp3) is 0. The van der Waals surface area contributed by atoms with Gasteiger partial charge in [-0.25, -0.2) is 0 Å². The summed E-state index contributed by atoms with van der Waals surface area (Å²) < 4.78 is 0. The monoisotopic (exact) mass is 132 g/mol. The molecule has 0 aliphatic heterocycles. The zero-order chi connectivity index (χ0) is 0. The van der Waals surface area contributed by atoms with Crippen molar-refractivity contribution in [3.05, 3.63) is 0 Å². The molecule has 0 aromatic carbocycles. The zero-order valence-corrected chi connectivity index (χ0v) is 3.27. The van der Waals surface area contributed by atoms with Crippen molar-refractivity contribution in [1.29, 1.82) is 0 Å². The molecule has 0 fully saturated rings. The molecular weight excluding hydrogens is 127 g/mol. The van der Waals surface area contributed by atoms with E-state index < -0.39 is 0 Å². The summed E-state index contributed by atoms with van der Waals surface area (Å²) in [7, 11) is 0. The van der Waals surface area contributed by atoms with Crippen molar-refractivity contribution in [3.8, 4) is 0 Å². The van der Waals surface area contributed by atoms with Crippen molar-refractivity contribution in [2.24, 2.45) is 0 Å². The van der Waals surface area contributed by atoms with Crippen molar-refractivity contribution in [2.75, 3.05) is 0 Å². The molecule has 0 heterocycles. The van der Waals surface area contributed by atoms with Crippen LogP contribution in [0.25, 0.3) is 0 Å². The van der Waals surface area contributed by atoms with E-state index in [2.05, 4.69) is 0 Å². The highest BCUT2D eigenvalue weighted by atomic mass is 32.1. The second kappa shape index (κ2) is 25999999999999999737877510269960192. The summed E-state index contributed by atoms with van der Waals surface area (Å²) in [5.41, 5.74) is 0. The minimum absolute atomic E-state index is 0. The number of rotatable bonds is 0. The molecule has 0 bridgehead atoms. The van der Waals surface area contributed by atoms with Gasteiger partial charge < -0.3 is 0 Å². The van der Waals surface area contributed by atoms with Crippen LogP contribution < -0.4 is 0 Å². The van der Waals surface area contributed by atoms with Crippen LogP contribution in [0.3, 0.4) is 0 Å². The first-order valence-electron chi connectivity index (χ1n) is 0. The molecule has 0 N–H and O–H groups in total. The Kier molecular flexibility index (Phi) is 211000000000000011472894224337946465723549432559643173567494537347072. The number of hydrogen-bond donors (Lipinski definition) is 0. The summed E-state index contributed by atoms with van der Waals surface area (Å²) in [6.07, 6.45) is 0. The van der Waals surface area contributed by atoms with E-state index in [1.54, 1.807) is 0 Å². The zero-order valence-electron chi connectivity index (χ0n) is 2.45. The maximum atomic E-state index is 0. The standard InChI is InChI=1S/5FH.S/h5*1H;. The third kappa shape index (κ3) is 11700000000000000573797782385590272. The van der Waals surface area contributed by atoms with Crippen LogP contribution >= 0.6 is 13.5 Å². The van der Waals surface area contributed by atoms with Gasteiger partial charge in [-0.15, -0.1) is 0 Å². The first kappa shape index (κ1) is 48700000000000003748228099636985856. The summed E-state index contributed by atoms with van der Waals surface area (Å²) in [5, 5.41) is 0. The number of halogens is 5. The Morgan fingerprint density at radius 2 is 0.333 bits per heavy atom. The first-order valence-corrected chi connectivity index (χ1v) is 0. The van der Waals surface area contributed by atoms with E-state index in [0.29, 0.717) is 0 Å². The summed E-state index contributed by atoms with van der Waals surface area (Å²) >= 11 is 0. The fourth-order valence-electron chi connectivity index (χ4n) is 0. The van der Waals surface area contributed by atoms with E-state index in [4.69, 9.17) is 0 Å². The van der Waals surface area contributed by atoms with E-state index >= 15 is 0 Å². The van der Waals surface area contributed by atoms with Gasteiger partial charge in [0.15, 0.2) is 0 Å². The molecule has 0 aliphatic rings. The summed E-state index contributed by atoms with van der Waals surface area (Å²) in [5.74, 6) is 0. The van der Waals surface area contributed by atoms with Gasteiger partial charge in [0, 0.05) is 13.5 Å². The molecule has 2 radical (unpaired) electrons. The van der Waals surface area contributed by atoms with Crippen LogP contribution in [0.15, 0.2) is 0 Å². The summed E-state index contributed by atoms with van der Waals surface area (Å²) in [6.45, 7) is 0. The van der Waals surface area contributed by atoms with Gasteiger partial charge in [-0.05, 0) is 0 Å². The van der Waals surface area contributed by atoms with Gasteiger partial charge in [0.1, 0.15) is 0 Å². The van der Waals surface area contributed by atoms with Gasteiger partial charge in [-0.1, -0.05) is 0 Å². The molecule has 0 unspecified atom stereocenters. The average molecular weight is 132 g/mol. The Morgan fingerprint density at radius 3 is 0.333 bits per heavy atom. The highest BCUT2D eigenvalue weighted by Gasteiger charge is 0.0000189. The molecule has 0 saturated carbocycles. The van der Waals surface area contributed by atoms with Crippen LogP contribution in [0.1, 0.15) is 0 Å². The Balaban J connectivity index is 0. The lowest BCUT2D eigenvalue weighted by Gasteiger charge is -0.270. The van der Waals surface area contributed by atoms with Gasteiger partial charge in [0.25, 0.3) is 0 Å². The van der Waals surface area contributed by atoms with Gasteiger partial charge in [-0.3, -0.25) is 23.5 Å². The minimum Gasteiger partial charge on any atom is -0.269 e. The molecule has 0 saturated heterocycles. The van der Waals surface area contributed by atoms with Crippen molar-refractivity contribution in [2.45, 2.75) is 0 Å². The predicted molar refractivity (Wildman–Crippen MR) is 20.1 cm³/mol. The van der Waals surface area contributed by atoms with Crippen LogP contribution in [0, 0.1) is 0 Å². The van der Waals surface area contributed by atoms with Gasteiger partial charge >= 0.3 is 0 Å². The van der Waals surface area contributed by atoms with E-state index in [1.165, 1.54) is 0 Å². The van der Waals surface area contributed by atoms with Crippen LogP contribution in [-0.4, -0.2) is 0 Å². The van der Waals surface area contributed by atoms with Crippen LogP contribution in [0.4, 0.5) is 23.5 Å². The quantitative estimate of drug-likeness (QED) is 0.437. The lowest BCUT2D eigenvalue weighted by Crippen LogP contribution is 0.419. The van der Waals surface area contributed by atoms with E-state index in [9.17, 15) is 0 Å². The van der Waals surface area contributed by atoms with Crippen molar-refractivity contribution >= 4 is 13.5 Å². The molecule has 0 nitrogen and oxygen atoms in total. The molecule has 46 valence electrons. The Morgan fingerprint density at radius 1 is 0.333 bits per heavy atom. The molecular formula is H5F5S. The lowest BCUT2D eigenvalue weighted by atomic mass is 19.0. The molecule has 0 amide bonds. The van der Waals surface area contributed by atoms with Crippen molar-refractivity contribution < 1.29 is 23.5 Å². The van der Waals surface area contributed by atoms with Gasteiger partial charge in [0.05, 0.1) is 0 Å². The Bertz CT molecular complexity index is 3.90. The third-order valence-electron chi connectivity index (χ3n) is 0. The normalized spacial score (nSPS) is 0. The smallest absolute Gasteiger partial charge is 0 e. The molecule has 6 heteroatoms. The van der Waals surface area contributed by atoms with E-state index in [1.807, 2.05) is 0 Å². The van der Waals surface area contributed by atoms with E-state index in [-0.39, 0.29) is 37.0 Å². The fourth-order valence-corrected chi connectivity index (χ4v) is 0. The highest BCUT2D eigenvalue weighted by molar-refractivity contribution is 7.59. The van der Waals surface area contributed by atoms with Crippen LogP contribution in [0.2, 0.25) is 0 Å². The first-order chi connectivity index (χ1) is 0. The average Bonchev–Trinajstić information content (AvgIpc) is 0. The van der Waals surface area contributed by atoms with E-state index in [0.717, 1.165) is 0 Å². The maximum Gasteiger partial charge on any atom is 0 e. The Labute approximate surface area is 38.2 Å². The molecule has 6 heavy (non-hydrogen) atoms. The number of hydrogen-bond acceptors (Lipinski definition) is 0. The lowest BCUT2D eigenvalue weighted by molar-refractivity contribution is 1.11. The molecule has 0 aromatic rings. The Hall–Kier alpha value is -0.0000000000000000555. The van der Waals surface area contributed by atoms with Crippen LogP contribution in [0.5, 0.6) is 0 Å². The molecule has 0 rings (SSSR count). The SMILES string of the molecule is F.F.F.F.F.[S]. The topological polar surface area (TPSA) is 0 Å². The molecule has 0 spiro atoms. The maximum absolute atomic E-state index is 0. The minimum atomic E-state index is 0. The summed E-state index contributed by atoms with van der Waals surface area (Å²) in [4.78, 5) is 0. The molecule has 0 aliphatic carbocycles. The van der Waals surface area contributed by atoms with Crippen molar-refractivity contribution in [1.82, 2.24) is 0 Å². The molecule has 0 atom stereocenters. The molecule has 0 aromatic heterocycles. The van der Waals surface area contributed by atoms with Crippen LogP contribution in [-0.2, 0) is 0 Å².